The van der Waals surface area contributed by atoms with Gasteiger partial charge in [0.1, 0.15) is 5.82 Å². The molecule has 1 amide bonds. The summed E-state index contributed by atoms with van der Waals surface area (Å²) in [5.74, 6) is 2.12. The summed E-state index contributed by atoms with van der Waals surface area (Å²) in [5.41, 5.74) is 2.85. The minimum Gasteiger partial charge on any atom is -0.331 e. The van der Waals surface area contributed by atoms with Gasteiger partial charge in [-0.15, -0.1) is 11.8 Å². The third kappa shape index (κ3) is 3.14. The summed E-state index contributed by atoms with van der Waals surface area (Å²) in [6.07, 6.45) is 5.92. The highest BCUT2D eigenvalue weighted by Gasteiger charge is 2.28. The standard InChI is InChI=1S/C18H18N4OS/c1-22-16-5-4-13(10-15(16)21-18(22)12-2-3-12)20-17(23)11-24-14-6-8-19-9-7-14/h4-10,12H,2-3,11H2,1H3,(H,20,23). The van der Waals surface area contributed by atoms with E-state index >= 15 is 0 Å². The zero-order valence-electron chi connectivity index (χ0n) is 13.4. The van der Waals surface area contributed by atoms with Gasteiger partial charge in [-0.25, -0.2) is 4.98 Å². The molecule has 2 heterocycles. The van der Waals surface area contributed by atoms with Crippen LogP contribution in [0.4, 0.5) is 5.69 Å². The first-order valence-corrected chi connectivity index (χ1v) is 8.98. The average molecular weight is 338 g/mol. The molecule has 1 N–H and O–H groups in total. The first-order chi connectivity index (χ1) is 11.7. The molecule has 1 aromatic carbocycles. The number of pyridine rings is 1. The van der Waals surface area contributed by atoms with E-state index in [-0.39, 0.29) is 5.91 Å². The summed E-state index contributed by atoms with van der Waals surface area (Å²) in [5, 5.41) is 2.95. The lowest BCUT2D eigenvalue weighted by molar-refractivity contribution is -0.113. The SMILES string of the molecule is Cn1c(C2CC2)nc2cc(NC(=O)CSc3ccncc3)ccc21. The maximum Gasteiger partial charge on any atom is 0.234 e. The number of hydrogen-bond donors (Lipinski definition) is 1. The van der Waals surface area contributed by atoms with E-state index in [9.17, 15) is 4.79 Å². The van der Waals surface area contributed by atoms with Crippen LogP contribution in [0.2, 0.25) is 0 Å². The maximum atomic E-state index is 12.1. The van der Waals surface area contributed by atoms with E-state index in [1.807, 2.05) is 30.3 Å². The van der Waals surface area contributed by atoms with E-state index < -0.39 is 0 Å². The molecule has 1 saturated carbocycles. The Morgan fingerprint density at radius 1 is 1.29 bits per heavy atom. The molecule has 1 aliphatic carbocycles. The van der Waals surface area contributed by atoms with Crippen LogP contribution in [0.25, 0.3) is 11.0 Å². The molecule has 4 rings (SSSR count). The number of carbonyl (C=O) groups is 1. The molecule has 0 radical (unpaired) electrons. The maximum absolute atomic E-state index is 12.1. The number of thioether (sulfide) groups is 1. The fourth-order valence-electron chi connectivity index (χ4n) is 2.78. The number of aromatic nitrogens is 3. The van der Waals surface area contributed by atoms with Crippen LogP contribution < -0.4 is 5.32 Å². The normalized spacial score (nSPS) is 14.0. The first kappa shape index (κ1) is 15.2. The van der Waals surface area contributed by atoms with Gasteiger partial charge in [0.15, 0.2) is 0 Å². The molecule has 1 fully saturated rings. The van der Waals surface area contributed by atoms with Gasteiger partial charge < -0.3 is 9.88 Å². The van der Waals surface area contributed by atoms with Crippen LogP contribution >= 0.6 is 11.8 Å². The monoisotopic (exact) mass is 338 g/mol. The summed E-state index contributed by atoms with van der Waals surface area (Å²) in [7, 11) is 2.06. The molecule has 1 aliphatic rings. The van der Waals surface area contributed by atoms with Gasteiger partial charge in [-0.3, -0.25) is 9.78 Å². The van der Waals surface area contributed by atoms with E-state index in [0.717, 1.165) is 27.4 Å². The summed E-state index contributed by atoms with van der Waals surface area (Å²) in [6, 6.07) is 9.72. The molecule has 0 bridgehead atoms. The Hall–Kier alpha value is -2.34. The van der Waals surface area contributed by atoms with Gasteiger partial charge in [0.25, 0.3) is 0 Å². The molecule has 0 spiro atoms. The van der Waals surface area contributed by atoms with E-state index in [4.69, 9.17) is 4.98 Å². The van der Waals surface area contributed by atoms with Crippen LogP contribution in [0.1, 0.15) is 24.6 Å². The number of anilines is 1. The number of fused-ring (bicyclic) bond motifs is 1. The molecule has 6 heteroatoms. The second kappa shape index (κ2) is 6.28. The van der Waals surface area contributed by atoms with Gasteiger partial charge in [-0.05, 0) is 43.2 Å². The second-order valence-electron chi connectivity index (χ2n) is 6.03. The second-order valence-corrected chi connectivity index (χ2v) is 7.08. The molecule has 0 saturated heterocycles. The quantitative estimate of drug-likeness (QED) is 0.723. The highest BCUT2D eigenvalue weighted by molar-refractivity contribution is 8.00. The number of aryl methyl sites for hydroxylation is 1. The van der Waals surface area contributed by atoms with Gasteiger partial charge in [0.05, 0.1) is 16.8 Å². The molecular formula is C18H18N4OS. The molecule has 2 aromatic heterocycles. The molecule has 3 aromatic rings. The number of rotatable bonds is 5. The van der Waals surface area contributed by atoms with E-state index in [0.29, 0.717) is 11.7 Å². The van der Waals surface area contributed by atoms with Gasteiger partial charge in [0, 0.05) is 35.9 Å². The van der Waals surface area contributed by atoms with Crippen LogP contribution in [0, 0.1) is 0 Å². The fraction of sp³-hybridized carbons (Fsp3) is 0.278. The Balaban J connectivity index is 1.45. The Labute approximate surface area is 144 Å². The topological polar surface area (TPSA) is 59.8 Å². The molecule has 0 unspecified atom stereocenters. The molecule has 0 aliphatic heterocycles. The van der Waals surface area contributed by atoms with Gasteiger partial charge in [-0.2, -0.15) is 0 Å². The number of amides is 1. The van der Waals surface area contributed by atoms with Gasteiger partial charge >= 0.3 is 0 Å². The highest BCUT2D eigenvalue weighted by atomic mass is 32.2. The largest absolute Gasteiger partial charge is 0.331 e. The molecule has 5 nitrogen and oxygen atoms in total. The number of benzene rings is 1. The van der Waals surface area contributed by atoms with Crippen LogP contribution in [0.3, 0.4) is 0 Å². The van der Waals surface area contributed by atoms with Crippen molar-refractivity contribution in [2.45, 2.75) is 23.7 Å². The lowest BCUT2D eigenvalue weighted by Crippen LogP contribution is -2.13. The fourth-order valence-corrected chi connectivity index (χ4v) is 3.47. The Bertz CT molecular complexity index is 887. The Kier molecular flexibility index (Phi) is 3.98. The third-order valence-corrected chi connectivity index (χ3v) is 5.17. The van der Waals surface area contributed by atoms with Crippen molar-refractivity contribution in [1.29, 1.82) is 0 Å². The van der Waals surface area contributed by atoms with Crippen molar-refractivity contribution in [2.24, 2.45) is 7.05 Å². The van der Waals surface area contributed by atoms with Crippen molar-refractivity contribution < 1.29 is 4.79 Å². The van der Waals surface area contributed by atoms with Crippen molar-refractivity contribution >= 4 is 34.4 Å². The van der Waals surface area contributed by atoms with Crippen molar-refractivity contribution in [3.05, 3.63) is 48.5 Å². The first-order valence-electron chi connectivity index (χ1n) is 8.00. The third-order valence-electron chi connectivity index (χ3n) is 4.16. The predicted octanol–water partition coefficient (Wildman–Crippen LogP) is 3.58. The minimum absolute atomic E-state index is 0.0190. The Morgan fingerprint density at radius 3 is 2.83 bits per heavy atom. The smallest absolute Gasteiger partial charge is 0.234 e. The number of nitrogens with one attached hydrogen (secondary N) is 1. The molecule has 122 valence electrons. The zero-order chi connectivity index (χ0) is 16.5. The average Bonchev–Trinajstić information content (AvgIpc) is 3.39. The van der Waals surface area contributed by atoms with Gasteiger partial charge in [0.2, 0.25) is 5.91 Å². The summed E-state index contributed by atoms with van der Waals surface area (Å²) < 4.78 is 2.16. The van der Waals surface area contributed by atoms with Crippen molar-refractivity contribution in [1.82, 2.24) is 14.5 Å². The number of imidazole rings is 1. The van der Waals surface area contributed by atoms with Gasteiger partial charge in [-0.1, -0.05) is 0 Å². The van der Waals surface area contributed by atoms with Crippen LogP contribution in [-0.2, 0) is 11.8 Å². The summed E-state index contributed by atoms with van der Waals surface area (Å²) >= 11 is 1.50. The lowest BCUT2D eigenvalue weighted by Gasteiger charge is -2.05. The van der Waals surface area contributed by atoms with E-state index in [1.54, 1.807) is 12.4 Å². The highest BCUT2D eigenvalue weighted by Crippen LogP contribution is 2.40. The van der Waals surface area contributed by atoms with Crippen molar-refractivity contribution in [3.63, 3.8) is 0 Å². The molecular weight excluding hydrogens is 320 g/mol. The Morgan fingerprint density at radius 2 is 2.08 bits per heavy atom. The molecule has 0 atom stereocenters. The number of carbonyl (C=O) groups excluding carboxylic acids is 1. The number of hydrogen-bond acceptors (Lipinski definition) is 4. The van der Waals surface area contributed by atoms with E-state index in [2.05, 4.69) is 21.9 Å². The summed E-state index contributed by atoms with van der Waals surface area (Å²) in [6.45, 7) is 0. The van der Waals surface area contributed by atoms with Crippen LogP contribution in [0.5, 0.6) is 0 Å². The minimum atomic E-state index is -0.0190. The van der Waals surface area contributed by atoms with Crippen molar-refractivity contribution in [2.75, 3.05) is 11.1 Å². The zero-order valence-corrected chi connectivity index (χ0v) is 14.2. The predicted molar refractivity (Wildman–Crippen MR) is 96.3 cm³/mol. The van der Waals surface area contributed by atoms with Crippen LogP contribution in [0.15, 0.2) is 47.6 Å². The van der Waals surface area contributed by atoms with E-state index in [1.165, 1.54) is 24.6 Å². The van der Waals surface area contributed by atoms with Crippen molar-refractivity contribution in [3.8, 4) is 0 Å². The van der Waals surface area contributed by atoms with Crippen LogP contribution in [-0.4, -0.2) is 26.2 Å². The number of nitrogens with zero attached hydrogens (tertiary/aromatic N) is 3. The molecule has 24 heavy (non-hydrogen) atoms. The lowest BCUT2D eigenvalue weighted by atomic mass is 10.2. The summed E-state index contributed by atoms with van der Waals surface area (Å²) in [4.78, 5) is 21.9.